The van der Waals surface area contributed by atoms with Gasteiger partial charge in [0, 0.05) is 18.9 Å². The van der Waals surface area contributed by atoms with E-state index in [2.05, 4.69) is 0 Å². The van der Waals surface area contributed by atoms with Crippen LogP contribution < -0.4 is 4.74 Å². The highest BCUT2D eigenvalue weighted by atomic mass is 16.5. The summed E-state index contributed by atoms with van der Waals surface area (Å²) < 4.78 is 10.4. The van der Waals surface area contributed by atoms with Crippen LogP contribution in [0.5, 0.6) is 11.5 Å². The van der Waals surface area contributed by atoms with Gasteiger partial charge in [0.15, 0.2) is 5.78 Å². The number of ketones is 1. The Morgan fingerprint density at radius 3 is 2.56 bits per heavy atom. The van der Waals surface area contributed by atoms with Crippen molar-refractivity contribution in [1.82, 2.24) is 0 Å². The number of aliphatic hydroxyl groups is 3. The Kier molecular flexibility index (Phi) is 6.95. The smallest absolute Gasteiger partial charge is 0.342 e. The predicted molar refractivity (Wildman–Crippen MR) is 95.4 cm³/mol. The van der Waals surface area contributed by atoms with Crippen molar-refractivity contribution in [2.45, 2.75) is 50.6 Å². The second-order valence-electron chi connectivity index (χ2n) is 6.54. The van der Waals surface area contributed by atoms with E-state index in [1.807, 2.05) is 0 Å². The summed E-state index contributed by atoms with van der Waals surface area (Å²) >= 11 is 0. The third kappa shape index (κ3) is 5.29. The predicted octanol–water partition coefficient (Wildman–Crippen LogP) is 0.795. The fourth-order valence-electron chi connectivity index (χ4n) is 2.88. The third-order valence-electron chi connectivity index (χ3n) is 4.28. The molecule has 0 aromatic heterocycles. The average molecular weight is 380 g/mol. The van der Waals surface area contributed by atoms with Gasteiger partial charge in [0.25, 0.3) is 0 Å². The average Bonchev–Trinajstić information content (AvgIpc) is 2.58. The zero-order chi connectivity index (χ0) is 20.1. The molecule has 2 rings (SSSR count). The molecule has 1 aliphatic heterocycles. The Morgan fingerprint density at radius 2 is 1.89 bits per heavy atom. The summed E-state index contributed by atoms with van der Waals surface area (Å²) in [6.07, 6.45) is -2.47. The first kappa shape index (κ1) is 20.9. The van der Waals surface area contributed by atoms with E-state index < -0.39 is 36.2 Å². The number of phenols is 1. The van der Waals surface area contributed by atoms with Crippen LogP contribution in [0.3, 0.4) is 0 Å². The van der Waals surface area contributed by atoms with E-state index in [0.29, 0.717) is 5.75 Å². The number of ether oxygens (including phenoxy) is 2. The fraction of sp³-hybridized carbons (Fsp3) is 0.474. The minimum absolute atomic E-state index is 0.0393. The van der Waals surface area contributed by atoms with Gasteiger partial charge in [-0.1, -0.05) is 12.2 Å². The van der Waals surface area contributed by atoms with Crippen LogP contribution in [0.25, 0.3) is 6.08 Å². The Labute approximate surface area is 156 Å². The van der Waals surface area contributed by atoms with Gasteiger partial charge in [0.05, 0.1) is 19.3 Å². The summed E-state index contributed by atoms with van der Waals surface area (Å²) in [5.74, 6) is -1.52. The van der Waals surface area contributed by atoms with E-state index in [9.17, 15) is 30.0 Å². The zero-order valence-corrected chi connectivity index (χ0v) is 15.2. The van der Waals surface area contributed by atoms with Crippen LogP contribution in [0, 0.1) is 0 Å². The standard InChI is InChI=1S/C19H24O8/c1-10-6-12(20)8-16(23)18(24)14(21)5-3-4-11-7-13(26-2)9-15(22)17(11)19(25)27-10/h3-4,7,9-10,12,14,18,20-22,24H,5-6,8H2,1-2H3/b4-3+/t10-,12+,14-,18-/m0/s1. The summed E-state index contributed by atoms with van der Waals surface area (Å²) in [5, 5.41) is 40.1. The molecule has 0 radical (unpaired) electrons. The van der Waals surface area contributed by atoms with E-state index in [4.69, 9.17) is 9.47 Å². The number of methoxy groups -OCH3 is 1. The number of phenolic OH excluding ortho intramolecular Hbond substituents is 1. The molecular weight excluding hydrogens is 356 g/mol. The molecule has 8 nitrogen and oxygen atoms in total. The molecule has 0 fully saturated rings. The summed E-state index contributed by atoms with van der Waals surface area (Å²) in [4.78, 5) is 24.4. The van der Waals surface area contributed by atoms with Gasteiger partial charge in [-0.05, 0) is 25.0 Å². The van der Waals surface area contributed by atoms with Gasteiger partial charge in [-0.15, -0.1) is 0 Å². The van der Waals surface area contributed by atoms with Gasteiger partial charge in [-0.2, -0.15) is 0 Å². The number of aromatic hydroxyl groups is 1. The molecule has 0 saturated heterocycles. The van der Waals surface area contributed by atoms with Crippen molar-refractivity contribution in [1.29, 1.82) is 0 Å². The molecule has 1 aromatic carbocycles. The van der Waals surface area contributed by atoms with Crippen molar-refractivity contribution in [3.63, 3.8) is 0 Å². The molecule has 4 N–H and O–H groups in total. The lowest BCUT2D eigenvalue weighted by Crippen LogP contribution is -2.36. The van der Waals surface area contributed by atoms with Crippen LogP contribution in [0.4, 0.5) is 0 Å². The first-order valence-corrected chi connectivity index (χ1v) is 8.58. The first-order chi connectivity index (χ1) is 12.7. The van der Waals surface area contributed by atoms with Gasteiger partial charge in [-0.25, -0.2) is 4.79 Å². The molecule has 1 heterocycles. The lowest BCUT2D eigenvalue weighted by molar-refractivity contribution is -0.135. The molecule has 4 atom stereocenters. The summed E-state index contributed by atoms with van der Waals surface area (Å²) in [6, 6.07) is 2.78. The summed E-state index contributed by atoms with van der Waals surface area (Å²) in [6.45, 7) is 1.54. The second-order valence-corrected chi connectivity index (χ2v) is 6.54. The number of rotatable bonds is 1. The number of fused-ring (bicyclic) bond motifs is 1. The van der Waals surface area contributed by atoms with E-state index in [1.54, 1.807) is 6.92 Å². The van der Waals surface area contributed by atoms with Crippen LogP contribution in [-0.4, -0.2) is 63.7 Å². The molecule has 0 aliphatic carbocycles. The molecule has 0 saturated carbocycles. The Bertz CT molecular complexity index is 727. The number of hydrogen-bond acceptors (Lipinski definition) is 8. The Morgan fingerprint density at radius 1 is 1.19 bits per heavy atom. The van der Waals surface area contributed by atoms with Crippen molar-refractivity contribution in [2.75, 3.05) is 7.11 Å². The highest BCUT2D eigenvalue weighted by molar-refractivity contribution is 5.97. The van der Waals surface area contributed by atoms with E-state index in [0.717, 1.165) is 0 Å². The minimum atomic E-state index is -1.64. The maximum atomic E-state index is 12.5. The third-order valence-corrected chi connectivity index (χ3v) is 4.28. The van der Waals surface area contributed by atoms with Crippen LogP contribution in [0.2, 0.25) is 0 Å². The maximum absolute atomic E-state index is 12.5. The lowest BCUT2D eigenvalue weighted by atomic mass is 9.98. The fourth-order valence-corrected chi connectivity index (χ4v) is 2.88. The van der Waals surface area contributed by atoms with Crippen LogP contribution in [0.1, 0.15) is 42.1 Å². The van der Waals surface area contributed by atoms with E-state index in [-0.39, 0.29) is 36.1 Å². The summed E-state index contributed by atoms with van der Waals surface area (Å²) in [5.41, 5.74) is 0.200. The quantitative estimate of drug-likeness (QED) is 0.526. The molecule has 0 amide bonds. The van der Waals surface area contributed by atoms with Crippen LogP contribution in [0.15, 0.2) is 18.2 Å². The first-order valence-electron chi connectivity index (χ1n) is 8.58. The molecular formula is C19H24O8. The van der Waals surface area contributed by atoms with Gasteiger partial charge in [0.1, 0.15) is 29.3 Å². The number of esters is 1. The van der Waals surface area contributed by atoms with Crippen molar-refractivity contribution < 1.29 is 39.5 Å². The zero-order valence-electron chi connectivity index (χ0n) is 15.2. The largest absolute Gasteiger partial charge is 0.507 e. The second kappa shape index (κ2) is 8.98. The monoisotopic (exact) mass is 380 g/mol. The topological polar surface area (TPSA) is 134 Å². The molecule has 8 heteroatoms. The molecule has 27 heavy (non-hydrogen) atoms. The van der Waals surface area contributed by atoms with Crippen LogP contribution in [-0.2, 0) is 9.53 Å². The normalized spacial score (nSPS) is 28.6. The Hall–Kier alpha value is -2.42. The SMILES string of the molecule is COc1cc(O)c2c(c1)/C=C/C[C@H](O)[C@H](O)C(=O)C[C@H](O)C[C@H](C)OC2=O. The molecule has 0 unspecified atom stereocenters. The van der Waals surface area contributed by atoms with Gasteiger partial charge < -0.3 is 29.9 Å². The van der Waals surface area contributed by atoms with Gasteiger partial charge in [-0.3, -0.25) is 4.79 Å². The maximum Gasteiger partial charge on any atom is 0.342 e. The van der Waals surface area contributed by atoms with Crippen LogP contribution >= 0.6 is 0 Å². The van der Waals surface area contributed by atoms with Crippen molar-refractivity contribution in [2.24, 2.45) is 0 Å². The number of cyclic esters (lactones) is 1. The van der Waals surface area contributed by atoms with Gasteiger partial charge >= 0.3 is 5.97 Å². The molecule has 1 aliphatic rings. The highest BCUT2D eigenvalue weighted by Gasteiger charge is 2.28. The number of Topliss-reactive ketones (excluding diaryl/α,β-unsaturated/α-hetero) is 1. The number of hydrogen-bond donors (Lipinski definition) is 4. The number of carbonyl (C=O) groups is 2. The number of aliphatic hydroxyl groups excluding tert-OH is 3. The lowest BCUT2D eigenvalue weighted by Gasteiger charge is -2.21. The van der Waals surface area contributed by atoms with Gasteiger partial charge in [0.2, 0.25) is 0 Å². The molecule has 148 valence electrons. The highest BCUT2D eigenvalue weighted by Crippen LogP contribution is 2.30. The number of benzene rings is 1. The molecule has 0 bridgehead atoms. The van der Waals surface area contributed by atoms with Crippen molar-refractivity contribution >= 4 is 17.8 Å². The number of carbonyl (C=O) groups excluding carboxylic acids is 2. The Balaban J connectivity index is 2.44. The molecule has 1 aromatic rings. The van der Waals surface area contributed by atoms with E-state index >= 15 is 0 Å². The van der Waals surface area contributed by atoms with Crippen molar-refractivity contribution in [3.8, 4) is 11.5 Å². The summed E-state index contributed by atoms with van der Waals surface area (Å²) in [7, 11) is 1.40. The minimum Gasteiger partial charge on any atom is -0.507 e. The molecule has 0 spiro atoms. The van der Waals surface area contributed by atoms with E-state index in [1.165, 1.54) is 31.4 Å². The van der Waals surface area contributed by atoms with Crippen molar-refractivity contribution in [3.05, 3.63) is 29.3 Å².